The molecule has 208 valence electrons. The van der Waals surface area contributed by atoms with Gasteiger partial charge in [0.05, 0.1) is 26.2 Å². The van der Waals surface area contributed by atoms with Crippen molar-refractivity contribution in [1.29, 1.82) is 0 Å². The van der Waals surface area contributed by atoms with Crippen LogP contribution in [0.1, 0.15) is 50.2 Å². The minimum atomic E-state index is -3.88. The van der Waals surface area contributed by atoms with Crippen molar-refractivity contribution < 1.29 is 27.5 Å². The summed E-state index contributed by atoms with van der Waals surface area (Å²) in [4.78, 5) is 28.6. The highest BCUT2D eigenvalue weighted by atomic mass is 32.2. The third-order valence-electron chi connectivity index (χ3n) is 7.06. The monoisotopic (exact) mass is 545 g/mol. The lowest BCUT2D eigenvalue weighted by Gasteiger charge is -2.33. The molecule has 10 heteroatoms. The number of hydrogen-bond donors (Lipinski definition) is 1. The second kappa shape index (κ2) is 13.0. The van der Waals surface area contributed by atoms with E-state index in [9.17, 15) is 18.0 Å². The number of nitrogens with zero attached hydrogens (tertiary/aromatic N) is 2. The average Bonchev–Trinajstić information content (AvgIpc) is 2.90. The lowest BCUT2D eigenvalue weighted by Crippen LogP contribution is -2.53. The number of anilines is 1. The number of benzene rings is 2. The lowest BCUT2D eigenvalue weighted by molar-refractivity contribution is -0.139. The maximum Gasteiger partial charge on any atom is 0.244 e. The first-order chi connectivity index (χ1) is 18.0. The van der Waals surface area contributed by atoms with Gasteiger partial charge >= 0.3 is 0 Å². The molecule has 1 N–H and O–H groups in total. The van der Waals surface area contributed by atoms with Crippen molar-refractivity contribution in [2.45, 2.75) is 64.6 Å². The predicted octanol–water partition coefficient (Wildman–Crippen LogP) is 3.64. The Labute approximate surface area is 226 Å². The van der Waals surface area contributed by atoms with Gasteiger partial charge < -0.3 is 19.7 Å². The van der Waals surface area contributed by atoms with Crippen LogP contribution in [0.2, 0.25) is 0 Å². The van der Waals surface area contributed by atoms with Crippen LogP contribution in [0.25, 0.3) is 0 Å². The topological polar surface area (TPSA) is 105 Å². The van der Waals surface area contributed by atoms with Crippen LogP contribution >= 0.6 is 0 Å². The summed E-state index contributed by atoms with van der Waals surface area (Å²) in [5, 5.41) is 3.10. The first-order valence-electron chi connectivity index (χ1n) is 12.9. The summed E-state index contributed by atoms with van der Waals surface area (Å²) in [6, 6.07) is 11.6. The van der Waals surface area contributed by atoms with E-state index in [1.54, 1.807) is 19.1 Å². The minimum absolute atomic E-state index is 0.0881. The highest BCUT2D eigenvalue weighted by molar-refractivity contribution is 7.92. The Kier molecular flexibility index (Phi) is 10.0. The van der Waals surface area contributed by atoms with Gasteiger partial charge in [-0.25, -0.2) is 8.42 Å². The molecule has 1 atom stereocenters. The summed E-state index contributed by atoms with van der Waals surface area (Å²) in [5.74, 6) is -0.00899. The van der Waals surface area contributed by atoms with Gasteiger partial charge in [0.15, 0.2) is 0 Å². The zero-order valence-corrected chi connectivity index (χ0v) is 23.7. The fraction of sp³-hybridized carbons (Fsp3) is 0.500. The van der Waals surface area contributed by atoms with Gasteiger partial charge in [-0.1, -0.05) is 43.5 Å². The second-order valence-corrected chi connectivity index (χ2v) is 11.7. The van der Waals surface area contributed by atoms with E-state index in [0.29, 0.717) is 5.75 Å². The Morgan fingerprint density at radius 1 is 1.05 bits per heavy atom. The molecule has 2 aromatic carbocycles. The summed E-state index contributed by atoms with van der Waals surface area (Å²) in [6.45, 7) is 3.30. The quantitative estimate of drug-likeness (QED) is 0.462. The van der Waals surface area contributed by atoms with E-state index in [0.717, 1.165) is 53.8 Å². The number of carbonyl (C=O) groups is 2. The van der Waals surface area contributed by atoms with Gasteiger partial charge in [0.25, 0.3) is 0 Å². The molecule has 1 aliphatic carbocycles. The highest BCUT2D eigenvalue weighted by Crippen LogP contribution is 2.33. The van der Waals surface area contributed by atoms with Crippen LogP contribution in [0.4, 0.5) is 5.69 Å². The van der Waals surface area contributed by atoms with Crippen molar-refractivity contribution in [3.63, 3.8) is 0 Å². The molecule has 0 bridgehead atoms. The normalized spacial score (nSPS) is 14.9. The van der Waals surface area contributed by atoms with Crippen LogP contribution in [0.15, 0.2) is 42.5 Å². The molecule has 9 nitrogen and oxygen atoms in total. The first-order valence-corrected chi connectivity index (χ1v) is 14.7. The Bertz CT molecular complexity index is 1230. The molecule has 3 rings (SSSR count). The predicted molar refractivity (Wildman–Crippen MR) is 148 cm³/mol. The summed E-state index contributed by atoms with van der Waals surface area (Å²) < 4.78 is 37.4. The molecule has 0 radical (unpaired) electrons. The molecule has 0 spiro atoms. The van der Waals surface area contributed by atoms with E-state index in [1.807, 2.05) is 31.2 Å². The molecule has 0 aromatic heterocycles. The highest BCUT2D eigenvalue weighted by Gasteiger charge is 2.32. The standard InChI is InChI=1S/C28H39N3O6S/c1-20-11-9-10-12-22(20)18-30(21(2)28(33)29-23-13-7-6-8-14-23)27(32)19-31(38(5,34)35)25-16-15-24(36-3)17-26(25)37-4/h9-12,15-17,21,23H,6-8,13-14,18-19H2,1-5H3,(H,29,33)/t21-/m1/s1. The number of amides is 2. The number of nitrogens with one attached hydrogen (secondary N) is 1. The number of sulfonamides is 1. The van der Waals surface area contributed by atoms with Crippen LogP contribution in [-0.4, -0.2) is 64.2 Å². The van der Waals surface area contributed by atoms with Gasteiger partial charge in [0.2, 0.25) is 21.8 Å². The van der Waals surface area contributed by atoms with Crippen LogP contribution in [0, 0.1) is 6.92 Å². The Balaban J connectivity index is 1.93. The number of carbonyl (C=O) groups excluding carboxylic acids is 2. The third kappa shape index (κ3) is 7.40. The van der Waals surface area contributed by atoms with E-state index in [-0.39, 0.29) is 29.9 Å². The van der Waals surface area contributed by atoms with Crippen molar-refractivity contribution in [1.82, 2.24) is 10.2 Å². The molecule has 2 amide bonds. The Morgan fingerprint density at radius 2 is 1.74 bits per heavy atom. The molecule has 38 heavy (non-hydrogen) atoms. The molecule has 1 fully saturated rings. The van der Waals surface area contributed by atoms with E-state index < -0.39 is 28.5 Å². The average molecular weight is 546 g/mol. The Morgan fingerprint density at radius 3 is 2.34 bits per heavy atom. The summed E-state index contributed by atoms with van der Waals surface area (Å²) in [7, 11) is -0.969. The van der Waals surface area contributed by atoms with E-state index in [2.05, 4.69) is 5.32 Å². The first kappa shape index (κ1) is 29.3. The summed E-state index contributed by atoms with van der Waals surface area (Å²) in [6.07, 6.45) is 6.17. The smallest absolute Gasteiger partial charge is 0.244 e. The van der Waals surface area contributed by atoms with Crippen LogP contribution < -0.4 is 19.1 Å². The zero-order chi connectivity index (χ0) is 27.9. The largest absolute Gasteiger partial charge is 0.497 e. The van der Waals surface area contributed by atoms with Gasteiger partial charge in [-0.15, -0.1) is 0 Å². The molecule has 0 heterocycles. The number of hydrogen-bond acceptors (Lipinski definition) is 6. The number of aryl methyl sites for hydroxylation is 1. The van der Waals surface area contributed by atoms with Crippen LogP contribution in [-0.2, 0) is 26.2 Å². The molecule has 1 saturated carbocycles. The third-order valence-corrected chi connectivity index (χ3v) is 8.18. The van der Waals surface area contributed by atoms with Gasteiger partial charge in [-0.3, -0.25) is 13.9 Å². The maximum absolute atomic E-state index is 13.8. The fourth-order valence-electron chi connectivity index (χ4n) is 4.71. The van der Waals surface area contributed by atoms with Crippen LogP contribution in [0.5, 0.6) is 11.5 Å². The number of rotatable bonds is 11. The summed E-state index contributed by atoms with van der Waals surface area (Å²) in [5.41, 5.74) is 2.06. The number of methoxy groups -OCH3 is 2. The summed E-state index contributed by atoms with van der Waals surface area (Å²) >= 11 is 0. The van der Waals surface area contributed by atoms with Crippen molar-refractivity contribution in [3.8, 4) is 11.5 Å². The molecule has 0 unspecified atom stereocenters. The zero-order valence-electron chi connectivity index (χ0n) is 22.9. The fourth-order valence-corrected chi connectivity index (χ4v) is 5.56. The van der Waals surface area contributed by atoms with Crippen molar-refractivity contribution in [2.75, 3.05) is 31.3 Å². The molecular weight excluding hydrogens is 506 g/mol. The molecular formula is C28H39N3O6S. The van der Waals surface area contributed by atoms with Gasteiger partial charge in [-0.05, 0) is 49.9 Å². The molecule has 1 aliphatic rings. The maximum atomic E-state index is 13.8. The van der Waals surface area contributed by atoms with E-state index >= 15 is 0 Å². The van der Waals surface area contributed by atoms with Crippen LogP contribution in [0.3, 0.4) is 0 Å². The van der Waals surface area contributed by atoms with Gasteiger partial charge in [-0.2, -0.15) is 0 Å². The van der Waals surface area contributed by atoms with Crippen molar-refractivity contribution >= 4 is 27.5 Å². The van der Waals surface area contributed by atoms with Crippen molar-refractivity contribution in [3.05, 3.63) is 53.6 Å². The van der Waals surface area contributed by atoms with E-state index in [1.165, 1.54) is 25.2 Å². The molecule has 0 aliphatic heterocycles. The lowest BCUT2D eigenvalue weighted by atomic mass is 9.95. The van der Waals surface area contributed by atoms with Gasteiger partial charge in [0.1, 0.15) is 24.1 Å². The van der Waals surface area contributed by atoms with Gasteiger partial charge in [0, 0.05) is 18.7 Å². The SMILES string of the molecule is COc1ccc(N(CC(=O)N(Cc2ccccc2C)[C@H](C)C(=O)NC2CCCCC2)S(C)(=O)=O)c(OC)c1. The Hall–Kier alpha value is -3.27. The second-order valence-electron chi connectivity index (χ2n) is 9.78. The minimum Gasteiger partial charge on any atom is -0.497 e. The number of ether oxygens (including phenoxy) is 2. The molecule has 2 aromatic rings. The molecule has 0 saturated heterocycles. The van der Waals surface area contributed by atoms with E-state index in [4.69, 9.17) is 9.47 Å². The van der Waals surface area contributed by atoms with Crippen molar-refractivity contribution in [2.24, 2.45) is 0 Å².